The van der Waals surface area contributed by atoms with E-state index in [0.29, 0.717) is 17.4 Å². The van der Waals surface area contributed by atoms with Crippen molar-refractivity contribution in [1.82, 2.24) is 9.88 Å². The topological polar surface area (TPSA) is 71.2 Å². The Balaban J connectivity index is 2.11. The Morgan fingerprint density at radius 2 is 2.37 bits per heavy atom. The minimum Gasteiger partial charge on any atom is -0.334 e. The maximum absolute atomic E-state index is 12.5. The van der Waals surface area contributed by atoms with Gasteiger partial charge in [-0.25, -0.2) is 4.98 Å². The van der Waals surface area contributed by atoms with E-state index in [2.05, 4.69) is 17.3 Å². The van der Waals surface area contributed by atoms with Gasteiger partial charge in [-0.3, -0.25) is 10.6 Å². The number of anilines is 1. The monoisotopic (exact) mass is 262 g/mol. The van der Waals surface area contributed by atoms with Crippen molar-refractivity contribution in [2.75, 3.05) is 12.0 Å². The normalized spacial score (nSPS) is 19.3. The fourth-order valence-electron chi connectivity index (χ4n) is 2.65. The number of nitrogens with one attached hydrogen (secondary N) is 1. The number of pyridine rings is 1. The van der Waals surface area contributed by atoms with Crippen LogP contribution in [0.15, 0.2) is 18.3 Å². The van der Waals surface area contributed by atoms with Gasteiger partial charge < -0.3 is 10.3 Å². The summed E-state index contributed by atoms with van der Waals surface area (Å²) >= 11 is 0. The molecule has 1 aromatic heterocycles. The summed E-state index contributed by atoms with van der Waals surface area (Å²) in [5.41, 5.74) is 3.72. The zero-order valence-corrected chi connectivity index (χ0v) is 11.4. The van der Waals surface area contributed by atoms with E-state index in [1.807, 2.05) is 4.90 Å². The molecule has 104 valence electrons. The molecule has 2 heterocycles. The number of hydrogen-bond acceptors (Lipinski definition) is 4. The summed E-state index contributed by atoms with van der Waals surface area (Å²) in [7, 11) is 0. The van der Waals surface area contributed by atoms with E-state index in [9.17, 15) is 4.79 Å². The Labute approximate surface area is 114 Å². The Morgan fingerprint density at radius 1 is 1.53 bits per heavy atom. The highest BCUT2D eigenvalue weighted by atomic mass is 16.2. The number of nitrogens with zero attached hydrogens (tertiary/aromatic N) is 2. The van der Waals surface area contributed by atoms with E-state index in [4.69, 9.17) is 5.84 Å². The van der Waals surface area contributed by atoms with Crippen molar-refractivity contribution in [1.29, 1.82) is 0 Å². The summed E-state index contributed by atoms with van der Waals surface area (Å²) in [5, 5.41) is 0. The van der Waals surface area contributed by atoms with Gasteiger partial charge in [-0.1, -0.05) is 13.3 Å². The lowest BCUT2D eigenvalue weighted by Crippen LogP contribution is -2.43. The van der Waals surface area contributed by atoms with Gasteiger partial charge in [0.25, 0.3) is 5.91 Å². The number of nitrogens with two attached hydrogens (primary N) is 1. The molecule has 0 spiro atoms. The van der Waals surface area contributed by atoms with Gasteiger partial charge in [-0.15, -0.1) is 0 Å². The molecule has 1 aliphatic heterocycles. The molecular weight excluding hydrogens is 240 g/mol. The molecule has 0 saturated carbocycles. The SMILES string of the molecule is CCCC1CCCCN1C(=O)c1ccc(NN)cn1. The van der Waals surface area contributed by atoms with Crippen molar-refractivity contribution in [3.05, 3.63) is 24.0 Å². The van der Waals surface area contributed by atoms with Crippen LogP contribution >= 0.6 is 0 Å². The third kappa shape index (κ3) is 3.23. The number of amides is 1. The van der Waals surface area contributed by atoms with Crippen LogP contribution in [0.25, 0.3) is 0 Å². The van der Waals surface area contributed by atoms with E-state index in [1.165, 1.54) is 6.42 Å². The van der Waals surface area contributed by atoms with Gasteiger partial charge in [-0.2, -0.15) is 0 Å². The first-order valence-corrected chi connectivity index (χ1v) is 7.00. The van der Waals surface area contributed by atoms with Crippen molar-refractivity contribution in [2.45, 2.75) is 45.1 Å². The van der Waals surface area contributed by atoms with Crippen LogP contribution in [0.3, 0.4) is 0 Å². The fraction of sp³-hybridized carbons (Fsp3) is 0.571. The minimum atomic E-state index is 0.0433. The molecule has 19 heavy (non-hydrogen) atoms. The predicted molar refractivity (Wildman–Crippen MR) is 75.6 cm³/mol. The molecule has 5 heteroatoms. The molecule has 3 N–H and O–H groups in total. The second-order valence-electron chi connectivity index (χ2n) is 5.01. The van der Waals surface area contributed by atoms with Gasteiger partial charge in [0, 0.05) is 12.6 Å². The quantitative estimate of drug-likeness (QED) is 0.644. The van der Waals surface area contributed by atoms with Crippen LogP contribution in [0.4, 0.5) is 5.69 Å². The summed E-state index contributed by atoms with van der Waals surface area (Å²) in [4.78, 5) is 18.7. The number of carbonyl (C=O) groups excluding carboxylic acids is 1. The van der Waals surface area contributed by atoms with Crippen LogP contribution in [0.1, 0.15) is 49.5 Å². The van der Waals surface area contributed by atoms with E-state index in [-0.39, 0.29) is 5.91 Å². The summed E-state index contributed by atoms with van der Waals surface area (Å²) in [5.74, 6) is 5.34. The van der Waals surface area contributed by atoms with Crippen molar-refractivity contribution in [2.24, 2.45) is 5.84 Å². The molecule has 2 rings (SSSR count). The highest BCUT2D eigenvalue weighted by Crippen LogP contribution is 2.22. The van der Waals surface area contributed by atoms with E-state index >= 15 is 0 Å². The largest absolute Gasteiger partial charge is 0.334 e. The lowest BCUT2D eigenvalue weighted by atomic mass is 9.98. The lowest BCUT2D eigenvalue weighted by Gasteiger charge is -2.35. The molecule has 1 aromatic rings. The first kappa shape index (κ1) is 13.8. The van der Waals surface area contributed by atoms with Gasteiger partial charge in [0.1, 0.15) is 5.69 Å². The second-order valence-corrected chi connectivity index (χ2v) is 5.01. The van der Waals surface area contributed by atoms with E-state index in [0.717, 1.165) is 32.2 Å². The van der Waals surface area contributed by atoms with Crippen LogP contribution in [-0.4, -0.2) is 28.4 Å². The van der Waals surface area contributed by atoms with Crippen LogP contribution in [0.5, 0.6) is 0 Å². The number of nitrogen functional groups attached to an aromatic ring is 1. The van der Waals surface area contributed by atoms with Crippen LogP contribution in [-0.2, 0) is 0 Å². The zero-order chi connectivity index (χ0) is 13.7. The van der Waals surface area contributed by atoms with Crippen molar-refractivity contribution in [3.63, 3.8) is 0 Å². The Morgan fingerprint density at radius 3 is 3.00 bits per heavy atom. The minimum absolute atomic E-state index is 0.0433. The molecule has 1 unspecified atom stereocenters. The number of likely N-dealkylation sites (tertiary alicyclic amines) is 1. The third-order valence-corrected chi connectivity index (χ3v) is 3.66. The number of carbonyl (C=O) groups is 1. The predicted octanol–water partition coefficient (Wildman–Crippen LogP) is 2.16. The number of hydrazine groups is 1. The molecular formula is C14H22N4O. The molecule has 1 atom stereocenters. The Hall–Kier alpha value is -1.62. The van der Waals surface area contributed by atoms with Crippen molar-refractivity contribution >= 4 is 11.6 Å². The molecule has 1 fully saturated rings. The van der Waals surface area contributed by atoms with Crippen LogP contribution < -0.4 is 11.3 Å². The number of aromatic nitrogens is 1. The molecule has 0 bridgehead atoms. The summed E-state index contributed by atoms with van der Waals surface area (Å²) in [6, 6.07) is 3.88. The summed E-state index contributed by atoms with van der Waals surface area (Å²) < 4.78 is 0. The van der Waals surface area contributed by atoms with Crippen LogP contribution in [0.2, 0.25) is 0 Å². The molecule has 0 aromatic carbocycles. The summed E-state index contributed by atoms with van der Waals surface area (Å²) in [6.45, 7) is 3.01. The average Bonchev–Trinajstić information content (AvgIpc) is 2.47. The van der Waals surface area contributed by atoms with Gasteiger partial charge in [0.15, 0.2) is 0 Å². The highest BCUT2D eigenvalue weighted by Gasteiger charge is 2.27. The maximum Gasteiger partial charge on any atom is 0.272 e. The molecule has 1 saturated heterocycles. The number of rotatable bonds is 4. The maximum atomic E-state index is 12.5. The van der Waals surface area contributed by atoms with Gasteiger partial charge in [-0.05, 0) is 37.8 Å². The molecule has 1 aliphatic rings. The van der Waals surface area contributed by atoms with Crippen molar-refractivity contribution in [3.8, 4) is 0 Å². The first-order valence-electron chi connectivity index (χ1n) is 7.00. The number of piperidine rings is 1. The van der Waals surface area contributed by atoms with Crippen LogP contribution in [0, 0.1) is 0 Å². The molecule has 0 radical (unpaired) electrons. The van der Waals surface area contributed by atoms with E-state index < -0.39 is 0 Å². The fourth-order valence-corrected chi connectivity index (χ4v) is 2.65. The molecule has 0 aliphatic carbocycles. The van der Waals surface area contributed by atoms with Gasteiger partial charge in [0.2, 0.25) is 0 Å². The Bertz CT molecular complexity index is 416. The second kappa shape index (κ2) is 6.52. The first-order chi connectivity index (χ1) is 9.26. The van der Waals surface area contributed by atoms with Gasteiger partial charge in [0.05, 0.1) is 11.9 Å². The average molecular weight is 262 g/mol. The molecule has 1 amide bonds. The zero-order valence-electron chi connectivity index (χ0n) is 11.4. The smallest absolute Gasteiger partial charge is 0.272 e. The standard InChI is InChI=1S/C14H22N4O/c1-2-5-12-6-3-4-9-18(12)14(19)13-8-7-11(17-15)10-16-13/h7-8,10,12,17H,2-6,9,15H2,1H3. The number of hydrogen-bond donors (Lipinski definition) is 2. The highest BCUT2D eigenvalue weighted by molar-refractivity contribution is 5.92. The summed E-state index contributed by atoms with van der Waals surface area (Å²) in [6.07, 6.45) is 7.20. The lowest BCUT2D eigenvalue weighted by molar-refractivity contribution is 0.0594. The van der Waals surface area contributed by atoms with Crippen molar-refractivity contribution < 1.29 is 4.79 Å². The van der Waals surface area contributed by atoms with Gasteiger partial charge >= 0.3 is 0 Å². The third-order valence-electron chi connectivity index (χ3n) is 3.66. The molecule has 5 nitrogen and oxygen atoms in total. The Kier molecular flexibility index (Phi) is 4.74. The van der Waals surface area contributed by atoms with E-state index in [1.54, 1.807) is 18.3 Å².